The first kappa shape index (κ1) is 77.2. The monoisotopic (exact) mass is 1120 g/mol. The Morgan fingerprint density at radius 2 is 0.692 bits per heavy atom. The molecule has 0 rings (SSSR count). The lowest BCUT2D eigenvalue weighted by molar-refractivity contribution is -0.870. The molecule has 0 aliphatic heterocycles. The van der Waals surface area contributed by atoms with Crippen molar-refractivity contribution in [2.45, 2.75) is 386 Å². The number of carbonyl (C=O) groups excluding carboxylic acids is 1. The van der Waals surface area contributed by atoms with Gasteiger partial charge in [0.25, 0.3) is 0 Å². The summed E-state index contributed by atoms with van der Waals surface area (Å²) in [6.07, 6.45) is 77.4. The van der Waals surface area contributed by atoms with Gasteiger partial charge in [0.1, 0.15) is 13.2 Å². The Kier molecular flexibility index (Phi) is 60.2. The van der Waals surface area contributed by atoms with E-state index in [4.69, 9.17) is 9.05 Å². The lowest BCUT2D eigenvalue weighted by atomic mass is 10.0. The molecule has 0 bridgehead atoms. The lowest BCUT2D eigenvalue weighted by Crippen LogP contribution is -2.46. The normalized spacial score (nSPS) is 13.7. The van der Waals surface area contributed by atoms with E-state index in [1.807, 2.05) is 21.1 Å². The van der Waals surface area contributed by atoms with Gasteiger partial charge in [0.2, 0.25) is 5.91 Å². The van der Waals surface area contributed by atoms with Gasteiger partial charge in [-0.05, 0) is 38.5 Å². The van der Waals surface area contributed by atoms with Crippen LogP contribution in [0.15, 0.2) is 12.2 Å². The summed E-state index contributed by atoms with van der Waals surface area (Å²) in [6, 6.07) is -0.758. The minimum Gasteiger partial charge on any atom is -0.391 e. The molecule has 0 spiro atoms. The van der Waals surface area contributed by atoms with Crippen LogP contribution in [0.25, 0.3) is 0 Å². The number of phosphoric ester groups is 1. The van der Waals surface area contributed by atoms with Crippen molar-refractivity contribution in [2.24, 2.45) is 0 Å². The Balaban J connectivity index is 3.97. The topological polar surface area (TPSA) is 105 Å². The summed E-state index contributed by atoms with van der Waals surface area (Å²) < 4.78 is 23.9. The molecule has 0 heterocycles. The minimum atomic E-state index is -4.33. The van der Waals surface area contributed by atoms with Gasteiger partial charge in [0.15, 0.2) is 0 Å². The van der Waals surface area contributed by atoms with E-state index in [-0.39, 0.29) is 19.1 Å². The van der Waals surface area contributed by atoms with E-state index >= 15 is 0 Å². The second-order valence-corrected chi connectivity index (χ2v) is 27.1. The molecule has 9 heteroatoms. The van der Waals surface area contributed by atoms with Crippen LogP contribution in [0.3, 0.4) is 0 Å². The number of carbonyl (C=O) groups is 1. The van der Waals surface area contributed by atoms with Crippen molar-refractivity contribution < 1.29 is 32.9 Å². The quantitative estimate of drug-likeness (QED) is 0.0243. The van der Waals surface area contributed by atoms with Gasteiger partial charge in [-0.15, -0.1) is 0 Å². The van der Waals surface area contributed by atoms with Crippen molar-refractivity contribution in [3.63, 3.8) is 0 Å². The zero-order valence-corrected chi connectivity index (χ0v) is 54.3. The molecule has 0 aromatic carbocycles. The van der Waals surface area contributed by atoms with Gasteiger partial charge in [-0.1, -0.05) is 341 Å². The Hall–Kier alpha value is -0.760. The largest absolute Gasteiger partial charge is 0.472 e. The van der Waals surface area contributed by atoms with Gasteiger partial charge < -0.3 is 19.8 Å². The van der Waals surface area contributed by atoms with Crippen LogP contribution in [0.5, 0.6) is 0 Å². The highest BCUT2D eigenvalue weighted by Gasteiger charge is 2.28. The van der Waals surface area contributed by atoms with Crippen LogP contribution < -0.4 is 5.32 Å². The van der Waals surface area contributed by atoms with Crippen LogP contribution in [0.4, 0.5) is 0 Å². The Morgan fingerprint density at radius 3 is 0.987 bits per heavy atom. The van der Waals surface area contributed by atoms with Gasteiger partial charge in [-0.3, -0.25) is 13.8 Å². The number of quaternary nitrogens is 1. The van der Waals surface area contributed by atoms with E-state index in [9.17, 15) is 19.4 Å². The standard InChI is InChI=1S/C69H139N2O6P/c1-6-8-10-12-14-16-18-20-22-24-26-28-30-31-32-33-34-35-36-37-38-39-41-43-45-47-49-51-53-55-57-59-61-63-69(73)70-67(66-77-78(74,75)76-65-64-71(3,4)5)68(72)62-60-58-56-54-52-50-48-46-44-42-40-29-27-25-23-21-19-17-15-13-11-9-7-2/h31-32,67-68,72H,6-30,33-66H2,1-5H3,(H-,70,73,74,75)/p+1/b32-31-. The molecule has 0 saturated heterocycles. The SMILES string of the molecule is CCCCCCCCCCCCCC/C=C\CCCCCCCCCCCCCCCCCCCC(=O)NC(COP(=O)(O)OCC[N+](C)(C)C)C(O)CCCCCCCCCCCCCCCCCCCCCCCCC. The smallest absolute Gasteiger partial charge is 0.391 e. The molecule has 0 aliphatic rings. The molecule has 3 unspecified atom stereocenters. The van der Waals surface area contributed by atoms with Crippen LogP contribution in [0.2, 0.25) is 0 Å². The number of unbranched alkanes of at least 4 members (excludes halogenated alkanes) is 51. The average Bonchev–Trinajstić information content (AvgIpc) is 3.41. The first-order valence-electron chi connectivity index (χ1n) is 35.1. The molecular weight excluding hydrogens is 984 g/mol. The van der Waals surface area contributed by atoms with E-state index in [1.54, 1.807) is 0 Å². The van der Waals surface area contributed by atoms with Crippen LogP contribution in [-0.2, 0) is 18.4 Å². The number of hydrogen-bond donors (Lipinski definition) is 3. The van der Waals surface area contributed by atoms with Crippen molar-refractivity contribution in [3.8, 4) is 0 Å². The molecule has 0 fully saturated rings. The first-order valence-corrected chi connectivity index (χ1v) is 36.5. The predicted molar refractivity (Wildman–Crippen MR) is 342 cm³/mol. The fourth-order valence-electron chi connectivity index (χ4n) is 11.0. The zero-order valence-electron chi connectivity index (χ0n) is 53.5. The van der Waals surface area contributed by atoms with E-state index in [2.05, 4.69) is 31.3 Å². The summed E-state index contributed by atoms with van der Waals surface area (Å²) in [4.78, 5) is 23.4. The number of allylic oxidation sites excluding steroid dienone is 2. The van der Waals surface area contributed by atoms with E-state index in [0.29, 0.717) is 23.9 Å². The summed E-state index contributed by atoms with van der Waals surface area (Å²) in [7, 11) is 1.64. The average molecular weight is 1120 g/mol. The molecule has 1 amide bonds. The molecule has 78 heavy (non-hydrogen) atoms. The second kappa shape index (κ2) is 60.8. The van der Waals surface area contributed by atoms with Gasteiger partial charge in [-0.2, -0.15) is 0 Å². The maximum Gasteiger partial charge on any atom is 0.472 e. The Bertz CT molecular complexity index is 1280. The summed E-state index contributed by atoms with van der Waals surface area (Å²) in [5.74, 6) is -0.135. The molecule has 0 radical (unpaired) electrons. The molecule has 0 aromatic rings. The van der Waals surface area contributed by atoms with E-state index in [1.165, 1.54) is 308 Å². The van der Waals surface area contributed by atoms with Crippen molar-refractivity contribution in [1.82, 2.24) is 5.32 Å². The second-order valence-electron chi connectivity index (χ2n) is 25.6. The van der Waals surface area contributed by atoms with E-state index < -0.39 is 20.0 Å². The van der Waals surface area contributed by atoms with Gasteiger partial charge in [0.05, 0.1) is 39.9 Å². The number of nitrogens with one attached hydrogen (secondary N) is 1. The molecular formula is C69H140N2O6P+. The third-order valence-corrected chi connectivity index (χ3v) is 17.5. The lowest BCUT2D eigenvalue weighted by Gasteiger charge is -2.26. The highest BCUT2D eigenvalue weighted by atomic mass is 31.2. The number of amides is 1. The zero-order chi connectivity index (χ0) is 57.0. The Morgan fingerprint density at radius 1 is 0.423 bits per heavy atom. The number of aliphatic hydroxyl groups is 1. The van der Waals surface area contributed by atoms with Crippen LogP contribution in [0.1, 0.15) is 373 Å². The fraction of sp³-hybridized carbons (Fsp3) is 0.957. The molecule has 8 nitrogen and oxygen atoms in total. The number of nitrogens with zero attached hydrogens (tertiary/aromatic N) is 1. The van der Waals surface area contributed by atoms with Gasteiger partial charge in [0, 0.05) is 6.42 Å². The molecule has 0 aromatic heterocycles. The summed E-state index contributed by atoms with van der Waals surface area (Å²) in [5.41, 5.74) is 0. The summed E-state index contributed by atoms with van der Waals surface area (Å²) in [6.45, 7) is 4.96. The summed E-state index contributed by atoms with van der Waals surface area (Å²) >= 11 is 0. The minimum absolute atomic E-state index is 0.0782. The number of phosphoric acid groups is 1. The predicted octanol–water partition coefficient (Wildman–Crippen LogP) is 22.1. The van der Waals surface area contributed by atoms with Crippen LogP contribution >= 0.6 is 7.82 Å². The molecule has 3 N–H and O–H groups in total. The summed E-state index contributed by atoms with van der Waals surface area (Å²) in [5, 5.41) is 14.1. The van der Waals surface area contributed by atoms with Gasteiger partial charge >= 0.3 is 7.82 Å². The van der Waals surface area contributed by atoms with Crippen molar-refractivity contribution >= 4 is 13.7 Å². The third-order valence-electron chi connectivity index (χ3n) is 16.5. The van der Waals surface area contributed by atoms with Crippen LogP contribution in [0, 0.1) is 0 Å². The molecule has 3 atom stereocenters. The van der Waals surface area contributed by atoms with E-state index in [0.717, 1.165) is 38.5 Å². The van der Waals surface area contributed by atoms with Gasteiger partial charge in [-0.25, -0.2) is 4.57 Å². The number of aliphatic hydroxyl groups excluding tert-OH is 1. The maximum absolute atomic E-state index is 13.1. The van der Waals surface area contributed by atoms with Crippen LogP contribution in [-0.4, -0.2) is 73.4 Å². The molecule has 466 valence electrons. The Labute approximate surface area is 488 Å². The highest BCUT2D eigenvalue weighted by molar-refractivity contribution is 7.47. The molecule has 0 aliphatic carbocycles. The van der Waals surface area contributed by atoms with Crippen molar-refractivity contribution in [1.29, 1.82) is 0 Å². The highest BCUT2D eigenvalue weighted by Crippen LogP contribution is 2.43. The van der Waals surface area contributed by atoms with Crippen molar-refractivity contribution in [2.75, 3.05) is 40.9 Å². The fourth-order valence-corrected chi connectivity index (χ4v) is 11.8. The number of likely N-dealkylation sites (N-methyl/N-ethyl adjacent to an activating group) is 1. The van der Waals surface area contributed by atoms with Crippen molar-refractivity contribution in [3.05, 3.63) is 12.2 Å². The number of rotatable bonds is 66. The number of hydrogen-bond acceptors (Lipinski definition) is 5. The maximum atomic E-state index is 13.1. The third kappa shape index (κ3) is 62.8. The first-order chi connectivity index (χ1) is 38.0. The molecule has 0 saturated carbocycles.